The summed E-state index contributed by atoms with van der Waals surface area (Å²) in [7, 11) is 0. The van der Waals surface area contributed by atoms with Crippen LogP contribution in [0.2, 0.25) is 0 Å². The molecular formula is C17H19FN2O4S. The molecule has 134 valence electrons. The molecule has 2 aliphatic heterocycles. The van der Waals surface area contributed by atoms with E-state index in [1.807, 2.05) is 6.92 Å². The predicted octanol–water partition coefficient (Wildman–Crippen LogP) is 2.15. The number of anilines is 1. The van der Waals surface area contributed by atoms with Gasteiger partial charge in [0.2, 0.25) is 5.91 Å². The third kappa shape index (κ3) is 3.49. The molecule has 2 saturated heterocycles. The molecule has 0 radical (unpaired) electrons. The van der Waals surface area contributed by atoms with Gasteiger partial charge in [-0.3, -0.25) is 9.59 Å². The molecule has 0 unspecified atom stereocenters. The number of hydrogen-bond acceptors (Lipinski definition) is 5. The minimum absolute atomic E-state index is 0.0636. The minimum atomic E-state index is -1.05. The van der Waals surface area contributed by atoms with E-state index < -0.39 is 29.8 Å². The number of ether oxygens (including phenoxy) is 1. The molecule has 8 heteroatoms. The van der Waals surface area contributed by atoms with Gasteiger partial charge < -0.3 is 15.0 Å². The van der Waals surface area contributed by atoms with Crippen LogP contribution in [0.15, 0.2) is 24.3 Å². The van der Waals surface area contributed by atoms with Crippen molar-refractivity contribution in [1.29, 1.82) is 0 Å². The van der Waals surface area contributed by atoms with E-state index in [0.29, 0.717) is 18.6 Å². The highest BCUT2D eigenvalue weighted by Gasteiger charge is 2.53. The number of rotatable bonds is 4. The lowest BCUT2D eigenvalue weighted by atomic mass is 10.2. The highest BCUT2D eigenvalue weighted by atomic mass is 32.2. The molecule has 0 aliphatic carbocycles. The van der Waals surface area contributed by atoms with Crippen molar-refractivity contribution < 1.29 is 23.5 Å². The SMILES string of the molecule is C[C@H](OC(=O)[C@@H]1CS[C@@]2(C)CCC(=O)N12)C(=O)Nc1cccc(F)c1. The standard InChI is InChI=1S/C17H19FN2O4S/c1-10(15(22)19-12-5-3-4-11(18)8-12)24-16(23)13-9-25-17(2)7-6-14(21)20(13)17/h3-5,8,10,13H,6-7,9H2,1-2H3,(H,19,22)/t10-,13-,17-/m0/s1. The Morgan fingerprint density at radius 3 is 2.96 bits per heavy atom. The molecule has 0 saturated carbocycles. The molecule has 1 N–H and O–H groups in total. The fourth-order valence-corrected chi connectivity index (χ4v) is 4.53. The molecule has 0 aromatic heterocycles. The number of amides is 2. The van der Waals surface area contributed by atoms with E-state index in [-0.39, 0.29) is 16.5 Å². The number of nitrogens with zero attached hydrogens (tertiary/aromatic N) is 1. The number of carbonyl (C=O) groups excluding carboxylic acids is 3. The second-order valence-electron chi connectivity index (χ2n) is 6.34. The van der Waals surface area contributed by atoms with Crippen molar-refractivity contribution in [2.75, 3.05) is 11.1 Å². The van der Waals surface area contributed by atoms with Crippen molar-refractivity contribution >= 4 is 35.2 Å². The summed E-state index contributed by atoms with van der Waals surface area (Å²) < 4.78 is 18.4. The largest absolute Gasteiger partial charge is 0.451 e. The number of fused-ring (bicyclic) bond motifs is 1. The van der Waals surface area contributed by atoms with Crippen LogP contribution in [0.1, 0.15) is 26.7 Å². The first kappa shape index (κ1) is 17.7. The summed E-state index contributed by atoms with van der Waals surface area (Å²) in [6.07, 6.45) is 0.0732. The third-order valence-corrected chi connectivity index (χ3v) is 5.98. The summed E-state index contributed by atoms with van der Waals surface area (Å²) in [5, 5.41) is 2.50. The summed E-state index contributed by atoms with van der Waals surface area (Å²) in [5.41, 5.74) is 0.284. The maximum atomic E-state index is 13.2. The van der Waals surface area contributed by atoms with Gasteiger partial charge in [0.15, 0.2) is 6.10 Å². The van der Waals surface area contributed by atoms with Gasteiger partial charge in [-0.05, 0) is 38.5 Å². The maximum absolute atomic E-state index is 13.2. The second kappa shape index (κ2) is 6.67. The number of nitrogens with one attached hydrogen (secondary N) is 1. The molecule has 3 atom stereocenters. The van der Waals surface area contributed by atoms with Crippen LogP contribution in [0.4, 0.5) is 10.1 Å². The van der Waals surface area contributed by atoms with Gasteiger partial charge in [-0.25, -0.2) is 9.18 Å². The van der Waals surface area contributed by atoms with Gasteiger partial charge in [0.05, 0.1) is 4.87 Å². The van der Waals surface area contributed by atoms with E-state index in [0.717, 1.165) is 0 Å². The molecule has 2 heterocycles. The van der Waals surface area contributed by atoms with Gasteiger partial charge in [0.1, 0.15) is 11.9 Å². The van der Waals surface area contributed by atoms with Crippen LogP contribution < -0.4 is 5.32 Å². The average Bonchev–Trinajstić information content (AvgIpc) is 3.04. The summed E-state index contributed by atoms with van der Waals surface area (Å²) in [5.74, 6) is -1.23. The van der Waals surface area contributed by atoms with E-state index in [2.05, 4.69) is 5.32 Å². The molecule has 2 fully saturated rings. The summed E-state index contributed by atoms with van der Waals surface area (Å²) >= 11 is 1.56. The summed E-state index contributed by atoms with van der Waals surface area (Å²) in [6.45, 7) is 3.38. The van der Waals surface area contributed by atoms with Crippen LogP contribution in [0.25, 0.3) is 0 Å². The molecule has 6 nitrogen and oxygen atoms in total. The van der Waals surface area contributed by atoms with E-state index in [4.69, 9.17) is 4.74 Å². The fourth-order valence-electron chi connectivity index (χ4n) is 3.11. The van der Waals surface area contributed by atoms with Gasteiger partial charge in [0, 0.05) is 17.9 Å². The number of esters is 1. The van der Waals surface area contributed by atoms with Gasteiger partial charge in [-0.2, -0.15) is 0 Å². The Hall–Kier alpha value is -2.09. The highest BCUT2D eigenvalue weighted by Crippen LogP contribution is 2.47. The van der Waals surface area contributed by atoms with Crippen molar-refractivity contribution in [2.24, 2.45) is 0 Å². The molecule has 3 rings (SSSR count). The van der Waals surface area contributed by atoms with Gasteiger partial charge in [0.25, 0.3) is 5.91 Å². The first-order valence-electron chi connectivity index (χ1n) is 8.03. The van der Waals surface area contributed by atoms with Crippen molar-refractivity contribution in [2.45, 2.75) is 43.7 Å². The zero-order valence-corrected chi connectivity index (χ0v) is 14.8. The van der Waals surface area contributed by atoms with Crippen molar-refractivity contribution in [1.82, 2.24) is 4.90 Å². The molecule has 2 aliphatic rings. The Bertz CT molecular complexity index is 728. The van der Waals surface area contributed by atoms with E-state index in [1.165, 1.54) is 31.2 Å². The second-order valence-corrected chi connectivity index (χ2v) is 7.85. The van der Waals surface area contributed by atoms with E-state index >= 15 is 0 Å². The van der Waals surface area contributed by atoms with Crippen LogP contribution in [0, 0.1) is 5.82 Å². The molecule has 1 aromatic carbocycles. The highest BCUT2D eigenvalue weighted by molar-refractivity contribution is 8.01. The molecule has 0 bridgehead atoms. The minimum Gasteiger partial charge on any atom is -0.451 e. The first-order chi connectivity index (χ1) is 11.8. The third-order valence-electron chi connectivity index (χ3n) is 4.47. The maximum Gasteiger partial charge on any atom is 0.330 e. The normalized spacial score (nSPS) is 26.3. The van der Waals surface area contributed by atoms with Gasteiger partial charge in [-0.15, -0.1) is 11.8 Å². The monoisotopic (exact) mass is 366 g/mol. The predicted molar refractivity (Wildman–Crippen MR) is 91.3 cm³/mol. The van der Waals surface area contributed by atoms with Crippen LogP contribution in [-0.4, -0.2) is 45.5 Å². The van der Waals surface area contributed by atoms with Crippen molar-refractivity contribution in [3.8, 4) is 0 Å². The number of benzene rings is 1. The zero-order chi connectivity index (χ0) is 18.2. The van der Waals surface area contributed by atoms with Crippen LogP contribution in [-0.2, 0) is 19.1 Å². The zero-order valence-electron chi connectivity index (χ0n) is 14.0. The average molecular weight is 366 g/mol. The molecule has 2 amide bonds. The van der Waals surface area contributed by atoms with E-state index in [9.17, 15) is 18.8 Å². The fraction of sp³-hybridized carbons (Fsp3) is 0.471. The molecule has 0 spiro atoms. The smallest absolute Gasteiger partial charge is 0.330 e. The van der Waals surface area contributed by atoms with Crippen LogP contribution in [0.5, 0.6) is 0 Å². The molecule has 1 aromatic rings. The summed E-state index contributed by atoms with van der Waals surface area (Å²) in [4.78, 5) is 37.8. The van der Waals surface area contributed by atoms with Gasteiger partial charge >= 0.3 is 5.97 Å². The number of halogens is 1. The van der Waals surface area contributed by atoms with Crippen LogP contribution >= 0.6 is 11.8 Å². The Kier molecular flexibility index (Phi) is 4.73. The lowest BCUT2D eigenvalue weighted by Gasteiger charge is -2.29. The quantitative estimate of drug-likeness (QED) is 0.827. The molecular weight excluding hydrogens is 347 g/mol. The lowest BCUT2D eigenvalue weighted by molar-refractivity contribution is -0.160. The van der Waals surface area contributed by atoms with E-state index in [1.54, 1.807) is 16.7 Å². The number of hydrogen-bond donors (Lipinski definition) is 1. The Balaban J connectivity index is 1.61. The van der Waals surface area contributed by atoms with Crippen LogP contribution in [0.3, 0.4) is 0 Å². The topological polar surface area (TPSA) is 75.7 Å². The molecule has 25 heavy (non-hydrogen) atoms. The van der Waals surface area contributed by atoms with Crippen molar-refractivity contribution in [3.05, 3.63) is 30.1 Å². The first-order valence-corrected chi connectivity index (χ1v) is 9.02. The lowest BCUT2D eigenvalue weighted by Crippen LogP contribution is -2.48. The summed E-state index contributed by atoms with van der Waals surface area (Å²) in [6, 6.07) is 4.78. The van der Waals surface area contributed by atoms with Gasteiger partial charge in [-0.1, -0.05) is 6.07 Å². The number of thioether (sulfide) groups is 1. The Morgan fingerprint density at radius 1 is 1.48 bits per heavy atom. The van der Waals surface area contributed by atoms with Crippen molar-refractivity contribution in [3.63, 3.8) is 0 Å². The number of carbonyl (C=O) groups is 3. The Labute approximate surface area is 149 Å². The Morgan fingerprint density at radius 2 is 2.24 bits per heavy atom.